The monoisotopic (exact) mass is 459 g/mol. The van der Waals surface area contributed by atoms with E-state index >= 15 is 0 Å². The summed E-state index contributed by atoms with van der Waals surface area (Å²) >= 11 is 7.38. The Kier molecular flexibility index (Phi) is 6.83. The molecule has 0 fully saturated rings. The summed E-state index contributed by atoms with van der Waals surface area (Å²) in [5, 5.41) is 12.3. The van der Waals surface area contributed by atoms with Gasteiger partial charge in [0.1, 0.15) is 18.2 Å². The average molecular weight is 460 g/mol. The molecule has 0 aliphatic rings. The third-order valence-corrected chi connectivity index (χ3v) is 5.55. The summed E-state index contributed by atoms with van der Waals surface area (Å²) in [7, 11) is 0. The number of aromatic amines is 1. The molecule has 0 atom stereocenters. The van der Waals surface area contributed by atoms with Crippen molar-refractivity contribution >= 4 is 23.4 Å². The van der Waals surface area contributed by atoms with Crippen LogP contribution in [0.25, 0.3) is 11.4 Å². The van der Waals surface area contributed by atoms with E-state index in [1.807, 2.05) is 0 Å². The van der Waals surface area contributed by atoms with Crippen LogP contribution in [0.1, 0.15) is 23.7 Å². The average Bonchev–Trinajstić information content (AvgIpc) is 3.42. The highest BCUT2D eigenvalue weighted by Crippen LogP contribution is 2.21. The van der Waals surface area contributed by atoms with E-state index in [0.717, 1.165) is 12.2 Å². The number of hydrogen-bond acceptors (Lipinski definition) is 7. The second kappa shape index (κ2) is 9.93. The highest BCUT2D eigenvalue weighted by atomic mass is 35.5. The highest BCUT2D eigenvalue weighted by Gasteiger charge is 2.11. The lowest BCUT2D eigenvalue weighted by Crippen LogP contribution is -1.97. The Morgan fingerprint density at radius 2 is 2.00 bits per heavy atom. The van der Waals surface area contributed by atoms with Crippen LogP contribution in [0.2, 0.25) is 5.02 Å². The zero-order chi connectivity index (χ0) is 21.6. The molecule has 0 amide bonds. The number of hydrogen-bond donors (Lipinski definition) is 1. The summed E-state index contributed by atoms with van der Waals surface area (Å²) in [4.78, 5) is 8.75. The van der Waals surface area contributed by atoms with Gasteiger partial charge in [-0.25, -0.2) is 9.37 Å². The van der Waals surface area contributed by atoms with Crippen molar-refractivity contribution in [1.82, 2.24) is 25.3 Å². The van der Waals surface area contributed by atoms with Gasteiger partial charge in [0.05, 0.1) is 0 Å². The Morgan fingerprint density at radius 3 is 2.81 bits per heavy atom. The van der Waals surface area contributed by atoms with Crippen molar-refractivity contribution in [2.24, 2.45) is 0 Å². The molecule has 0 saturated heterocycles. The number of nitrogens with zero attached hydrogens (tertiary/aromatic N) is 4. The second-order valence-corrected chi connectivity index (χ2v) is 8.23. The summed E-state index contributed by atoms with van der Waals surface area (Å²) in [6.07, 6.45) is 1.42. The second-order valence-electron chi connectivity index (χ2n) is 6.73. The maximum Gasteiger partial charge on any atom is 0.226 e. The molecule has 4 aromatic rings. The predicted octanol–water partition coefficient (Wildman–Crippen LogP) is 5.26. The summed E-state index contributed by atoms with van der Waals surface area (Å²) in [6, 6.07) is 12.0. The molecule has 7 nitrogen and oxygen atoms in total. The first-order valence-electron chi connectivity index (χ1n) is 9.58. The molecule has 0 aliphatic carbocycles. The Bertz CT molecular complexity index is 1150. The number of halogens is 2. The molecule has 0 unspecified atom stereocenters. The molecule has 0 aliphatic heterocycles. The maximum absolute atomic E-state index is 13.7. The lowest BCUT2D eigenvalue weighted by molar-refractivity contribution is 0.296. The van der Waals surface area contributed by atoms with Crippen LogP contribution in [0.3, 0.4) is 0 Å². The van der Waals surface area contributed by atoms with Crippen LogP contribution in [0.4, 0.5) is 4.39 Å². The van der Waals surface area contributed by atoms with Crippen molar-refractivity contribution in [2.75, 3.05) is 5.75 Å². The molecule has 2 heterocycles. The summed E-state index contributed by atoms with van der Waals surface area (Å²) in [5.41, 5.74) is 1.18. The van der Waals surface area contributed by atoms with Gasteiger partial charge in [0, 0.05) is 22.8 Å². The van der Waals surface area contributed by atoms with Gasteiger partial charge in [0.25, 0.3) is 0 Å². The molecule has 31 heavy (non-hydrogen) atoms. The van der Waals surface area contributed by atoms with Crippen molar-refractivity contribution < 1.29 is 13.7 Å². The Balaban J connectivity index is 1.21. The zero-order valence-electron chi connectivity index (χ0n) is 16.6. The van der Waals surface area contributed by atoms with Crippen molar-refractivity contribution in [2.45, 2.75) is 31.5 Å². The van der Waals surface area contributed by atoms with Gasteiger partial charge in [-0.1, -0.05) is 40.7 Å². The van der Waals surface area contributed by atoms with Crippen molar-refractivity contribution in [3.8, 4) is 17.1 Å². The lowest BCUT2D eigenvalue weighted by Gasteiger charge is -2.03. The van der Waals surface area contributed by atoms with Crippen LogP contribution in [-0.4, -0.2) is 31.1 Å². The summed E-state index contributed by atoms with van der Waals surface area (Å²) < 4.78 is 24.6. The fourth-order valence-electron chi connectivity index (χ4n) is 2.68. The molecule has 0 saturated carbocycles. The van der Waals surface area contributed by atoms with Crippen molar-refractivity contribution in [1.29, 1.82) is 0 Å². The Hall–Kier alpha value is -2.91. The molecule has 0 radical (unpaired) electrons. The first-order valence-corrected chi connectivity index (χ1v) is 10.9. The minimum Gasteiger partial charge on any atom is -0.486 e. The van der Waals surface area contributed by atoms with E-state index in [4.69, 9.17) is 20.9 Å². The van der Waals surface area contributed by atoms with E-state index in [0.29, 0.717) is 57.6 Å². The number of benzene rings is 2. The minimum absolute atomic E-state index is 0.287. The van der Waals surface area contributed by atoms with E-state index < -0.39 is 0 Å². The summed E-state index contributed by atoms with van der Waals surface area (Å²) in [6.45, 7) is 2.00. The number of rotatable bonds is 9. The van der Waals surface area contributed by atoms with Gasteiger partial charge in [0.15, 0.2) is 5.82 Å². The van der Waals surface area contributed by atoms with Crippen LogP contribution in [0, 0.1) is 12.7 Å². The fourth-order valence-corrected chi connectivity index (χ4v) is 3.56. The van der Waals surface area contributed by atoms with Gasteiger partial charge >= 0.3 is 0 Å². The number of nitrogens with one attached hydrogen (secondary N) is 1. The number of thioether (sulfide) groups is 1. The van der Waals surface area contributed by atoms with Crippen molar-refractivity contribution in [3.05, 3.63) is 70.6 Å². The molecule has 1 N–H and O–H groups in total. The SMILES string of the molecule is Cc1ccc(-c2noc(CCCSc3n[nH]c(COc4ccc(Cl)cc4)n3)n2)cc1F. The maximum atomic E-state index is 13.7. The highest BCUT2D eigenvalue weighted by molar-refractivity contribution is 7.99. The summed E-state index contributed by atoms with van der Waals surface area (Å²) in [5.74, 6) is 2.76. The molecule has 2 aromatic carbocycles. The molecular formula is C21H19ClFN5O2S. The number of aryl methyl sites for hydroxylation is 2. The zero-order valence-corrected chi connectivity index (χ0v) is 18.2. The quantitative estimate of drug-likeness (QED) is 0.269. The topological polar surface area (TPSA) is 89.7 Å². The molecule has 160 valence electrons. The van der Waals surface area contributed by atoms with Crippen LogP contribution >= 0.6 is 23.4 Å². The standard InChI is InChI=1S/C21H19ClFN5O2S/c1-13-4-5-14(11-17(13)23)20-25-19(30-28-20)3-2-10-31-21-24-18(26-27-21)12-29-16-8-6-15(22)7-9-16/h4-9,11H,2-3,10,12H2,1H3,(H,24,26,27). The largest absolute Gasteiger partial charge is 0.486 e. The van der Waals surface area contributed by atoms with Gasteiger partial charge in [-0.15, -0.1) is 5.10 Å². The van der Waals surface area contributed by atoms with Crippen LogP contribution in [0.15, 0.2) is 52.1 Å². The van der Waals surface area contributed by atoms with Crippen LogP contribution in [0.5, 0.6) is 5.75 Å². The molecule has 2 aromatic heterocycles. The van der Waals surface area contributed by atoms with E-state index in [1.54, 1.807) is 43.3 Å². The van der Waals surface area contributed by atoms with Crippen molar-refractivity contribution in [3.63, 3.8) is 0 Å². The third kappa shape index (κ3) is 5.83. The van der Waals surface area contributed by atoms with E-state index in [2.05, 4.69) is 25.3 Å². The van der Waals surface area contributed by atoms with Gasteiger partial charge < -0.3 is 9.26 Å². The van der Waals surface area contributed by atoms with Gasteiger partial charge in [-0.2, -0.15) is 4.98 Å². The molecule has 10 heteroatoms. The van der Waals surface area contributed by atoms with Gasteiger partial charge in [-0.3, -0.25) is 5.10 Å². The van der Waals surface area contributed by atoms with Crippen LogP contribution < -0.4 is 4.74 Å². The number of aromatic nitrogens is 5. The molecule has 4 rings (SSSR count). The van der Waals surface area contributed by atoms with Gasteiger partial charge in [0.2, 0.25) is 16.9 Å². The smallest absolute Gasteiger partial charge is 0.226 e. The van der Waals surface area contributed by atoms with E-state index in [9.17, 15) is 4.39 Å². The predicted molar refractivity (Wildman–Crippen MR) is 116 cm³/mol. The Labute approximate surface area is 187 Å². The third-order valence-electron chi connectivity index (χ3n) is 4.36. The molecule has 0 bridgehead atoms. The fraction of sp³-hybridized carbons (Fsp3) is 0.238. The minimum atomic E-state index is -0.287. The first-order chi connectivity index (χ1) is 15.1. The first kappa shape index (κ1) is 21.3. The van der Waals surface area contributed by atoms with E-state index in [1.165, 1.54) is 17.8 Å². The van der Waals surface area contributed by atoms with Crippen LogP contribution in [-0.2, 0) is 13.0 Å². The molecule has 0 spiro atoms. The van der Waals surface area contributed by atoms with E-state index in [-0.39, 0.29) is 5.82 Å². The Morgan fingerprint density at radius 1 is 1.16 bits per heavy atom. The van der Waals surface area contributed by atoms with Gasteiger partial charge in [-0.05, 0) is 49.2 Å². The molecular weight excluding hydrogens is 441 g/mol. The number of H-pyrrole nitrogens is 1. The normalized spacial score (nSPS) is 11.1. The lowest BCUT2D eigenvalue weighted by atomic mass is 10.1. The number of ether oxygens (including phenoxy) is 1.